The SMILES string of the molecule is CCn1nccc1CNC1CCCC1C. The van der Waals surface area contributed by atoms with Crippen molar-refractivity contribution in [3.05, 3.63) is 18.0 Å². The van der Waals surface area contributed by atoms with E-state index in [4.69, 9.17) is 0 Å². The summed E-state index contributed by atoms with van der Waals surface area (Å²) in [6.45, 7) is 6.41. The molecular formula is C12H21N3. The molecule has 3 heteroatoms. The van der Waals surface area contributed by atoms with E-state index in [0.717, 1.165) is 19.0 Å². The Balaban J connectivity index is 1.87. The van der Waals surface area contributed by atoms with Crippen LogP contribution in [-0.4, -0.2) is 15.8 Å². The van der Waals surface area contributed by atoms with Crippen molar-refractivity contribution < 1.29 is 0 Å². The van der Waals surface area contributed by atoms with Gasteiger partial charge in [-0.1, -0.05) is 13.3 Å². The molecule has 2 unspecified atom stereocenters. The molecule has 0 aliphatic heterocycles. The zero-order valence-electron chi connectivity index (χ0n) is 9.74. The maximum atomic E-state index is 4.28. The summed E-state index contributed by atoms with van der Waals surface area (Å²) in [6.07, 6.45) is 5.98. The molecule has 1 fully saturated rings. The van der Waals surface area contributed by atoms with Crippen LogP contribution in [0.2, 0.25) is 0 Å². The van der Waals surface area contributed by atoms with E-state index in [0.29, 0.717) is 6.04 Å². The predicted octanol–water partition coefficient (Wildman–Crippen LogP) is 2.18. The number of hydrogen-bond donors (Lipinski definition) is 1. The fourth-order valence-corrected chi connectivity index (χ4v) is 2.48. The molecule has 1 aromatic heterocycles. The van der Waals surface area contributed by atoms with Crippen molar-refractivity contribution in [1.29, 1.82) is 0 Å². The topological polar surface area (TPSA) is 29.9 Å². The Bertz CT molecular complexity index is 306. The van der Waals surface area contributed by atoms with E-state index < -0.39 is 0 Å². The Kier molecular flexibility index (Phi) is 3.41. The van der Waals surface area contributed by atoms with Crippen molar-refractivity contribution in [2.24, 2.45) is 5.92 Å². The van der Waals surface area contributed by atoms with Crippen molar-refractivity contribution in [2.75, 3.05) is 0 Å². The first-order valence-electron chi connectivity index (χ1n) is 6.05. The van der Waals surface area contributed by atoms with Gasteiger partial charge in [0.2, 0.25) is 0 Å². The van der Waals surface area contributed by atoms with E-state index in [9.17, 15) is 0 Å². The summed E-state index contributed by atoms with van der Waals surface area (Å²) in [5.41, 5.74) is 1.30. The Morgan fingerprint density at radius 1 is 1.53 bits per heavy atom. The molecule has 2 rings (SSSR count). The van der Waals surface area contributed by atoms with Gasteiger partial charge in [0.05, 0.1) is 5.69 Å². The zero-order valence-corrected chi connectivity index (χ0v) is 9.74. The van der Waals surface area contributed by atoms with E-state index in [2.05, 4.69) is 35.0 Å². The summed E-state index contributed by atoms with van der Waals surface area (Å²) < 4.78 is 2.06. The second-order valence-corrected chi connectivity index (χ2v) is 4.53. The molecule has 0 amide bonds. The molecule has 2 atom stereocenters. The largest absolute Gasteiger partial charge is 0.308 e. The van der Waals surface area contributed by atoms with Gasteiger partial charge in [-0.25, -0.2) is 0 Å². The molecule has 0 bridgehead atoms. The van der Waals surface area contributed by atoms with Crippen LogP contribution in [0.3, 0.4) is 0 Å². The van der Waals surface area contributed by atoms with Crippen molar-refractivity contribution in [1.82, 2.24) is 15.1 Å². The van der Waals surface area contributed by atoms with Gasteiger partial charge < -0.3 is 5.32 Å². The van der Waals surface area contributed by atoms with E-state index in [1.54, 1.807) is 0 Å². The molecule has 15 heavy (non-hydrogen) atoms. The first-order valence-corrected chi connectivity index (χ1v) is 6.05. The number of aromatic nitrogens is 2. The van der Waals surface area contributed by atoms with Gasteiger partial charge in [0.1, 0.15) is 0 Å². The number of nitrogens with zero attached hydrogens (tertiary/aromatic N) is 2. The smallest absolute Gasteiger partial charge is 0.0522 e. The molecule has 84 valence electrons. The van der Waals surface area contributed by atoms with Gasteiger partial charge in [0.15, 0.2) is 0 Å². The van der Waals surface area contributed by atoms with E-state index in [1.165, 1.54) is 25.0 Å². The maximum Gasteiger partial charge on any atom is 0.0522 e. The Morgan fingerprint density at radius 2 is 2.40 bits per heavy atom. The van der Waals surface area contributed by atoms with Gasteiger partial charge in [-0.3, -0.25) is 4.68 Å². The third-order valence-electron chi connectivity index (χ3n) is 3.51. The van der Waals surface area contributed by atoms with Crippen molar-refractivity contribution >= 4 is 0 Å². The number of aryl methyl sites for hydroxylation is 1. The van der Waals surface area contributed by atoms with Crippen LogP contribution in [0.25, 0.3) is 0 Å². The number of nitrogens with one attached hydrogen (secondary N) is 1. The first kappa shape index (κ1) is 10.7. The fraction of sp³-hybridized carbons (Fsp3) is 0.750. The lowest BCUT2D eigenvalue weighted by molar-refractivity contribution is 0.417. The molecule has 0 radical (unpaired) electrons. The third-order valence-corrected chi connectivity index (χ3v) is 3.51. The molecule has 3 nitrogen and oxygen atoms in total. The third kappa shape index (κ3) is 2.40. The van der Waals surface area contributed by atoms with E-state index >= 15 is 0 Å². The molecule has 1 saturated carbocycles. The van der Waals surface area contributed by atoms with Crippen molar-refractivity contribution in [2.45, 2.75) is 52.2 Å². The van der Waals surface area contributed by atoms with Gasteiger partial charge in [-0.05, 0) is 31.7 Å². The molecule has 1 aliphatic carbocycles. The molecular weight excluding hydrogens is 186 g/mol. The summed E-state index contributed by atoms with van der Waals surface area (Å²) in [5.74, 6) is 0.836. The van der Waals surface area contributed by atoms with Crippen LogP contribution in [0.5, 0.6) is 0 Å². The van der Waals surface area contributed by atoms with Gasteiger partial charge in [-0.2, -0.15) is 5.10 Å². The van der Waals surface area contributed by atoms with E-state index in [1.807, 2.05) is 6.20 Å². The summed E-state index contributed by atoms with van der Waals surface area (Å²) in [4.78, 5) is 0. The number of hydrogen-bond acceptors (Lipinski definition) is 2. The lowest BCUT2D eigenvalue weighted by Crippen LogP contribution is -2.31. The van der Waals surface area contributed by atoms with Crippen molar-refractivity contribution in [3.8, 4) is 0 Å². The highest BCUT2D eigenvalue weighted by atomic mass is 15.3. The Labute approximate surface area is 91.9 Å². The molecule has 1 aromatic rings. The van der Waals surface area contributed by atoms with Crippen LogP contribution in [0.15, 0.2) is 12.3 Å². The molecule has 0 spiro atoms. The van der Waals surface area contributed by atoms with Crippen LogP contribution in [-0.2, 0) is 13.1 Å². The summed E-state index contributed by atoms with van der Waals surface area (Å²) in [7, 11) is 0. The molecule has 0 saturated heterocycles. The quantitative estimate of drug-likeness (QED) is 0.820. The highest BCUT2D eigenvalue weighted by Gasteiger charge is 2.22. The minimum atomic E-state index is 0.713. The minimum absolute atomic E-state index is 0.713. The zero-order chi connectivity index (χ0) is 10.7. The van der Waals surface area contributed by atoms with Crippen molar-refractivity contribution in [3.63, 3.8) is 0 Å². The van der Waals surface area contributed by atoms with Gasteiger partial charge in [-0.15, -0.1) is 0 Å². The first-order chi connectivity index (χ1) is 7.31. The van der Waals surface area contributed by atoms with Crippen LogP contribution in [0, 0.1) is 5.92 Å². The predicted molar refractivity (Wildman–Crippen MR) is 61.5 cm³/mol. The van der Waals surface area contributed by atoms with Gasteiger partial charge >= 0.3 is 0 Å². The fourth-order valence-electron chi connectivity index (χ4n) is 2.48. The van der Waals surface area contributed by atoms with Crippen LogP contribution >= 0.6 is 0 Å². The maximum absolute atomic E-state index is 4.28. The monoisotopic (exact) mass is 207 g/mol. The van der Waals surface area contributed by atoms with Gasteiger partial charge in [0.25, 0.3) is 0 Å². The lowest BCUT2D eigenvalue weighted by atomic mass is 10.1. The minimum Gasteiger partial charge on any atom is -0.308 e. The highest BCUT2D eigenvalue weighted by molar-refractivity contribution is 5.00. The molecule has 1 heterocycles. The van der Waals surface area contributed by atoms with Crippen LogP contribution in [0.4, 0.5) is 0 Å². The van der Waals surface area contributed by atoms with Gasteiger partial charge in [0, 0.05) is 25.3 Å². The highest BCUT2D eigenvalue weighted by Crippen LogP contribution is 2.24. The summed E-state index contributed by atoms with van der Waals surface area (Å²) in [6, 6.07) is 2.82. The van der Waals surface area contributed by atoms with Crippen LogP contribution < -0.4 is 5.32 Å². The Hall–Kier alpha value is -0.830. The van der Waals surface area contributed by atoms with E-state index in [-0.39, 0.29) is 0 Å². The second kappa shape index (κ2) is 4.79. The Morgan fingerprint density at radius 3 is 3.07 bits per heavy atom. The second-order valence-electron chi connectivity index (χ2n) is 4.53. The summed E-state index contributed by atoms with van der Waals surface area (Å²) >= 11 is 0. The lowest BCUT2D eigenvalue weighted by Gasteiger charge is -2.17. The standard InChI is InChI=1S/C12H21N3/c1-3-15-11(7-8-14-15)9-13-12-6-4-5-10(12)2/h7-8,10,12-13H,3-6,9H2,1-2H3. The normalized spacial score (nSPS) is 26.0. The average Bonchev–Trinajstić information content (AvgIpc) is 2.83. The molecule has 0 aromatic carbocycles. The van der Waals surface area contributed by atoms with Crippen LogP contribution in [0.1, 0.15) is 38.8 Å². The molecule has 1 N–H and O–H groups in total. The average molecular weight is 207 g/mol. The molecule has 1 aliphatic rings. The number of rotatable bonds is 4. The summed E-state index contributed by atoms with van der Waals surface area (Å²) in [5, 5.41) is 7.92.